The Morgan fingerprint density at radius 3 is 3.33 bits per heavy atom. The van der Waals surface area contributed by atoms with Crippen molar-refractivity contribution < 1.29 is 9.47 Å². The Balaban J connectivity index is 1.91. The topological polar surface area (TPSA) is 43.4 Å². The number of anilines is 1. The van der Waals surface area contributed by atoms with Crippen LogP contribution >= 0.6 is 0 Å². The van der Waals surface area contributed by atoms with E-state index in [1.54, 1.807) is 13.3 Å². The van der Waals surface area contributed by atoms with E-state index in [1.807, 2.05) is 12.1 Å². The lowest BCUT2D eigenvalue weighted by Gasteiger charge is -2.12. The van der Waals surface area contributed by atoms with E-state index in [2.05, 4.69) is 10.3 Å². The second kappa shape index (κ2) is 4.98. The van der Waals surface area contributed by atoms with Crippen LogP contribution in [0, 0.1) is 5.92 Å². The SMILES string of the molecule is COc1cccnc1NCC1CCOC1. The molecule has 82 valence electrons. The summed E-state index contributed by atoms with van der Waals surface area (Å²) in [5.74, 6) is 2.19. The van der Waals surface area contributed by atoms with Crippen LogP contribution in [0.4, 0.5) is 5.82 Å². The second-order valence-corrected chi connectivity index (χ2v) is 3.66. The molecule has 0 spiro atoms. The molecule has 1 fully saturated rings. The summed E-state index contributed by atoms with van der Waals surface area (Å²) in [4.78, 5) is 4.23. The van der Waals surface area contributed by atoms with Gasteiger partial charge in [-0.2, -0.15) is 0 Å². The number of hydrogen-bond acceptors (Lipinski definition) is 4. The van der Waals surface area contributed by atoms with Gasteiger partial charge in [0, 0.05) is 25.3 Å². The van der Waals surface area contributed by atoms with Crippen molar-refractivity contribution in [2.75, 3.05) is 32.2 Å². The number of pyridine rings is 1. The maximum atomic E-state index is 5.31. The van der Waals surface area contributed by atoms with Crippen LogP contribution in [0.5, 0.6) is 5.75 Å². The van der Waals surface area contributed by atoms with Crippen molar-refractivity contribution in [1.82, 2.24) is 4.98 Å². The molecule has 4 heteroatoms. The van der Waals surface area contributed by atoms with E-state index in [0.717, 1.165) is 37.7 Å². The summed E-state index contributed by atoms with van der Waals surface area (Å²) < 4.78 is 10.5. The molecule has 1 aliphatic rings. The van der Waals surface area contributed by atoms with E-state index in [1.165, 1.54) is 0 Å². The largest absolute Gasteiger partial charge is 0.493 e. The van der Waals surface area contributed by atoms with Crippen molar-refractivity contribution in [3.8, 4) is 5.75 Å². The van der Waals surface area contributed by atoms with Gasteiger partial charge in [-0.15, -0.1) is 0 Å². The average Bonchev–Trinajstić information content (AvgIpc) is 2.79. The predicted octanol–water partition coefficient (Wildman–Crippen LogP) is 1.54. The number of methoxy groups -OCH3 is 1. The molecule has 0 amide bonds. The zero-order valence-electron chi connectivity index (χ0n) is 8.90. The van der Waals surface area contributed by atoms with Gasteiger partial charge in [0.25, 0.3) is 0 Å². The second-order valence-electron chi connectivity index (χ2n) is 3.66. The van der Waals surface area contributed by atoms with Crippen LogP contribution in [0.2, 0.25) is 0 Å². The van der Waals surface area contributed by atoms with Gasteiger partial charge in [0.05, 0.1) is 13.7 Å². The van der Waals surface area contributed by atoms with Gasteiger partial charge in [0.1, 0.15) is 0 Å². The van der Waals surface area contributed by atoms with Gasteiger partial charge in [-0.05, 0) is 18.6 Å². The van der Waals surface area contributed by atoms with Gasteiger partial charge in [-0.3, -0.25) is 0 Å². The molecule has 15 heavy (non-hydrogen) atoms. The highest BCUT2D eigenvalue weighted by atomic mass is 16.5. The van der Waals surface area contributed by atoms with E-state index < -0.39 is 0 Å². The summed E-state index contributed by atoms with van der Waals surface area (Å²) in [6, 6.07) is 3.77. The summed E-state index contributed by atoms with van der Waals surface area (Å²) in [6.07, 6.45) is 2.89. The van der Waals surface area contributed by atoms with Gasteiger partial charge in [0.15, 0.2) is 11.6 Å². The van der Waals surface area contributed by atoms with Crippen molar-refractivity contribution >= 4 is 5.82 Å². The lowest BCUT2D eigenvalue weighted by atomic mass is 10.1. The molecule has 4 nitrogen and oxygen atoms in total. The standard InChI is InChI=1S/C11H16N2O2/c1-14-10-3-2-5-12-11(10)13-7-9-4-6-15-8-9/h2-3,5,9H,4,6-8H2,1H3,(H,12,13). The van der Waals surface area contributed by atoms with E-state index >= 15 is 0 Å². The van der Waals surface area contributed by atoms with Crippen LogP contribution in [0.25, 0.3) is 0 Å². The van der Waals surface area contributed by atoms with Crippen molar-refractivity contribution in [2.24, 2.45) is 5.92 Å². The maximum absolute atomic E-state index is 5.31. The average molecular weight is 208 g/mol. The van der Waals surface area contributed by atoms with Gasteiger partial charge in [-0.1, -0.05) is 0 Å². The highest BCUT2D eigenvalue weighted by Gasteiger charge is 2.15. The molecule has 0 bridgehead atoms. The van der Waals surface area contributed by atoms with Crippen molar-refractivity contribution in [2.45, 2.75) is 6.42 Å². The molecule has 1 aromatic rings. The van der Waals surface area contributed by atoms with Gasteiger partial charge >= 0.3 is 0 Å². The first-order chi connectivity index (χ1) is 7.40. The van der Waals surface area contributed by atoms with Crippen LogP contribution in [-0.2, 0) is 4.74 Å². The summed E-state index contributed by atoms with van der Waals surface area (Å²) in [7, 11) is 1.65. The molecule has 0 radical (unpaired) electrons. The number of aromatic nitrogens is 1. The molecule has 0 saturated carbocycles. The highest BCUT2D eigenvalue weighted by molar-refractivity contribution is 5.49. The fourth-order valence-electron chi connectivity index (χ4n) is 1.67. The minimum atomic E-state index is 0.594. The Bertz CT molecular complexity index is 311. The van der Waals surface area contributed by atoms with Gasteiger partial charge in [-0.25, -0.2) is 4.98 Å². The smallest absolute Gasteiger partial charge is 0.168 e. The molecule has 1 N–H and O–H groups in total. The van der Waals surface area contributed by atoms with Crippen LogP contribution in [0.3, 0.4) is 0 Å². The molecular formula is C11H16N2O2. The quantitative estimate of drug-likeness (QED) is 0.815. The number of nitrogens with zero attached hydrogens (tertiary/aromatic N) is 1. The minimum absolute atomic E-state index is 0.594. The van der Waals surface area contributed by atoms with E-state index in [0.29, 0.717) is 5.92 Å². The zero-order chi connectivity index (χ0) is 10.5. The predicted molar refractivity (Wildman–Crippen MR) is 58.2 cm³/mol. The first kappa shape index (κ1) is 10.2. The summed E-state index contributed by atoms with van der Waals surface area (Å²) in [6.45, 7) is 2.63. The molecule has 1 saturated heterocycles. The molecule has 1 aliphatic heterocycles. The van der Waals surface area contributed by atoms with Gasteiger partial charge in [0.2, 0.25) is 0 Å². The van der Waals surface area contributed by atoms with Gasteiger partial charge < -0.3 is 14.8 Å². The molecule has 2 heterocycles. The Morgan fingerprint density at radius 2 is 2.60 bits per heavy atom. The Morgan fingerprint density at radius 1 is 1.67 bits per heavy atom. The first-order valence-electron chi connectivity index (χ1n) is 5.21. The van der Waals surface area contributed by atoms with E-state index in [-0.39, 0.29) is 0 Å². The fourth-order valence-corrected chi connectivity index (χ4v) is 1.67. The monoisotopic (exact) mass is 208 g/mol. The zero-order valence-corrected chi connectivity index (χ0v) is 8.90. The third-order valence-electron chi connectivity index (χ3n) is 2.57. The number of rotatable bonds is 4. The highest BCUT2D eigenvalue weighted by Crippen LogP contribution is 2.21. The van der Waals surface area contributed by atoms with Crippen molar-refractivity contribution in [3.63, 3.8) is 0 Å². The van der Waals surface area contributed by atoms with Crippen LogP contribution < -0.4 is 10.1 Å². The lowest BCUT2D eigenvalue weighted by Crippen LogP contribution is -2.15. The van der Waals surface area contributed by atoms with Crippen molar-refractivity contribution in [3.05, 3.63) is 18.3 Å². The normalized spacial score (nSPS) is 20.2. The summed E-state index contributed by atoms with van der Waals surface area (Å²) in [5, 5.41) is 3.29. The van der Waals surface area contributed by atoms with Crippen LogP contribution in [0.15, 0.2) is 18.3 Å². The molecule has 2 rings (SSSR count). The fraction of sp³-hybridized carbons (Fsp3) is 0.545. The third kappa shape index (κ3) is 2.59. The van der Waals surface area contributed by atoms with Crippen molar-refractivity contribution in [1.29, 1.82) is 0 Å². The molecule has 0 aromatic carbocycles. The molecule has 0 aliphatic carbocycles. The Labute approximate surface area is 89.6 Å². The molecule has 1 aromatic heterocycles. The first-order valence-corrected chi connectivity index (χ1v) is 5.21. The van der Waals surface area contributed by atoms with Crippen LogP contribution in [0.1, 0.15) is 6.42 Å². The molecule has 1 atom stereocenters. The van der Waals surface area contributed by atoms with E-state index in [4.69, 9.17) is 9.47 Å². The molecular weight excluding hydrogens is 192 g/mol. The number of hydrogen-bond donors (Lipinski definition) is 1. The molecule has 1 unspecified atom stereocenters. The lowest BCUT2D eigenvalue weighted by molar-refractivity contribution is 0.187. The Hall–Kier alpha value is -1.29. The minimum Gasteiger partial charge on any atom is -0.493 e. The third-order valence-corrected chi connectivity index (χ3v) is 2.57. The summed E-state index contributed by atoms with van der Waals surface area (Å²) in [5.41, 5.74) is 0. The number of ether oxygens (including phenoxy) is 2. The summed E-state index contributed by atoms with van der Waals surface area (Å²) >= 11 is 0. The van der Waals surface area contributed by atoms with Crippen LogP contribution in [-0.4, -0.2) is 31.9 Å². The van der Waals surface area contributed by atoms with E-state index in [9.17, 15) is 0 Å². The number of nitrogens with one attached hydrogen (secondary N) is 1. The maximum Gasteiger partial charge on any atom is 0.168 e. The Kier molecular flexibility index (Phi) is 3.40.